The van der Waals surface area contributed by atoms with Gasteiger partial charge in [0, 0.05) is 5.56 Å². The summed E-state index contributed by atoms with van der Waals surface area (Å²) in [6.45, 7) is 1.97. The summed E-state index contributed by atoms with van der Waals surface area (Å²) in [6, 6.07) is 10.8. The van der Waals surface area contributed by atoms with E-state index in [0.717, 1.165) is 5.56 Å². The first-order valence-electron chi connectivity index (χ1n) is 6.30. The van der Waals surface area contributed by atoms with Crippen LogP contribution in [0.2, 0.25) is 5.15 Å². The minimum Gasteiger partial charge on any atom is -0.258 e. The average molecular weight is 302 g/mol. The second-order valence-electron chi connectivity index (χ2n) is 4.73. The summed E-state index contributed by atoms with van der Waals surface area (Å²) in [5, 5.41) is 20.0. The van der Waals surface area contributed by atoms with Gasteiger partial charge >= 0.3 is 0 Å². The molecule has 0 bridgehead atoms. The van der Waals surface area contributed by atoms with E-state index in [1.54, 1.807) is 12.1 Å². The highest BCUT2D eigenvalue weighted by Gasteiger charge is 2.18. The zero-order chi connectivity index (χ0) is 15.4. The molecule has 0 N–H and O–H groups in total. The highest BCUT2D eigenvalue weighted by atomic mass is 35.5. The molecular weight excluding hydrogens is 290 g/mol. The lowest BCUT2D eigenvalue weighted by atomic mass is 9.93. The van der Waals surface area contributed by atoms with Gasteiger partial charge in [-0.15, -0.1) is 0 Å². The number of hydrogen-bond acceptors (Lipinski definition) is 4. The number of halogens is 1. The van der Waals surface area contributed by atoms with Crippen molar-refractivity contribution in [3.63, 3.8) is 0 Å². The molecule has 5 nitrogen and oxygen atoms in total. The van der Waals surface area contributed by atoms with Crippen LogP contribution in [0.25, 0.3) is 0 Å². The van der Waals surface area contributed by atoms with E-state index in [-0.39, 0.29) is 16.8 Å². The van der Waals surface area contributed by atoms with Crippen molar-refractivity contribution in [1.82, 2.24) is 4.98 Å². The molecule has 0 aliphatic rings. The van der Waals surface area contributed by atoms with Crippen LogP contribution in [0.4, 0.5) is 5.69 Å². The van der Waals surface area contributed by atoms with Crippen molar-refractivity contribution in [1.29, 1.82) is 5.26 Å². The van der Waals surface area contributed by atoms with Crippen molar-refractivity contribution in [3.8, 4) is 6.07 Å². The van der Waals surface area contributed by atoms with Gasteiger partial charge in [-0.2, -0.15) is 5.26 Å². The van der Waals surface area contributed by atoms with Crippen molar-refractivity contribution in [2.24, 2.45) is 0 Å². The molecule has 0 spiro atoms. The molecular formula is C15H12ClN3O2. The maximum absolute atomic E-state index is 11.0. The van der Waals surface area contributed by atoms with Crippen LogP contribution in [-0.4, -0.2) is 9.91 Å². The maximum Gasteiger partial charge on any atom is 0.290 e. The number of nitrogens with zero attached hydrogens (tertiary/aromatic N) is 3. The fourth-order valence-corrected chi connectivity index (χ4v) is 2.30. The van der Waals surface area contributed by atoms with Gasteiger partial charge in [-0.25, -0.2) is 4.98 Å². The highest BCUT2D eigenvalue weighted by Crippen LogP contribution is 2.27. The molecule has 1 aromatic heterocycles. The largest absolute Gasteiger partial charge is 0.290 e. The predicted octanol–water partition coefficient (Wildman–Crippen LogP) is 3.86. The molecule has 6 heteroatoms. The van der Waals surface area contributed by atoms with Gasteiger partial charge in [-0.05, 0) is 36.1 Å². The number of nitro groups is 1. The fourth-order valence-electron chi connectivity index (χ4n) is 2.12. The molecule has 1 aromatic carbocycles. The molecule has 1 heterocycles. The Labute approximate surface area is 127 Å². The molecule has 21 heavy (non-hydrogen) atoms. The van der Waals surface area contributed by atoms with Gasteiger partial charge in [0.15, 0.2) is 0 Å². The van der Waals surface area contributed by atoms with E-state index in [1.165, 1.54) is 12.3 Å². The van der Waals surface area contributed by atoms with Crippen LogP contribution in [0.15, 0.2) is 36.5 Å². The summed E-state index contributed by atoms with van der Waals surface area (Å²) in [6.07, 6.45) is 1.66. The predicted molar refractivity (Wildman–Crippen MR) is 79.2 cm³/mol. The fraction of sp³-hybridized carbons (Fsp3) is 0.200. The van der Waals surface area contributed by atoms with Gasteiger partial charge in [-0.3, -0.25) is 10.1 Å². The van der Waals surface area contributed by atoms with Gasteiger partial charge < -0.3 is 0 Å². The zero-order valence-electron chi connectivity index (χ0n) is 11.3. The molecule has 2 rings (SSSR count). The lowest BCUT2D eigenvalue weighted by Crippen LogP contribution is -2.03. The first-order chi connectivity index (χ1) is 10.0. The Balaban J connectivity index is 2.26. The molecule has 0 aliphatic carbocycles. The molecule has 0 amide bonds. The Bertz CT molecular complexity index is 708. The van der Waals surface area contributed by atoms with Crippen LogP contribution in [0.5, 0.6) is 0 Å². The third kappa shape index (κ3) is 3.56. The van der Waals surface area contributed by atoms with Crippen LogP contribution in [0.1, 0.15) is 29.5 Å². The Kier molecular flexibility index (Phi) is 4.51. The van der Waals surface area contributed by atoms with Crippen LogP contribution in [0, 0.1) is 21.4 Å². The summed E-state index contributed by atoms with van der Waals surface area (Å²) in [4.78, 5) is 14.3. The van der Waals surface area contributed by atoms with Crippen molar-refractivity contribution >= 4 is 17.3 Å². The number of pyridine rings is 1. The molecule has 0 saturated heterocycles. The van der Waals surface area contributed by atoms with Gasteiger partial charge in [0.25, 0.3) is 5.69 Å². The lowest BCUT2D eigenvalue weighted by Gasteiger charge is -2.12. The topological polar surface area (TPSA) is 79.8 Å². The Morgan fingerprint density at radius 1 is 1.43 bits per heavy atom. The van der Waals surface area contributed by atoms with Crippen molar-refractivity contribution in [2.45, 2.75) is 19.3 Å². The second-order valence-corrected chi connectivity index (χ2v) is 5.12. The summed E-state index contributed by atoms with van der Waals surface area (Å²) in [5.74, 6) is 0.0647. The molecule has 0 saturated carbocycles. The standard InChI is InChI=1S/C15H12ClN3O2/c1-10(12-4-2-11(8-17)3-5-12)6-13-7-15(16)18-9-14(13)19(20)21/h2-5,7,9-10H,6H2,1H3. The van der Waals surface area contributed by atoms with Gasteiger partial charge in [0.1, 0.15) is 11.3 Å². The molecule has 0 radical (unpaired) electrons. The number of rotatable bonds is 4. The second kappa shape index (κ2) is 6.33. The first kappa shape index (κ1) is 14.9. The van der Waals surface area contributed by atoms with E-state index < -0.39 is 4.92 Å². The smallest absolute Gasteiger partial charge is 0.258 e. The SMILES string of the molecule is CC(Cc1cc(Cl)ncc1[N+](=O)[O-])c1ccc(C#N)cc1. The summed E-state index contributed by atoms with van der Waals surface area (Å²) in [5.41, 5.74) is 2.12. The van der Waals surface area contributed by atoms with Crippen LogP contribution in [0.3, 0.4) is 0 Å². The minimum absolute atomic E-state index is 0.0279. The van der Waals surface area contributed by atoms with Crippen molar-refractivity contribution < 1.29 is 4.92 Å². The Morgan fingerprint density at radius 2 is 2.10 bits per heavy atom. The van der Waals surface area contributed by atoms with E-state index in [0.29, 0.717) is 17.5 Å². The van der Waals surface area contributed by atoms with Crippen LogP contribution < -0.4 is 0 Å². The van der Waals surface area contributed by atoms with E-state index in [9.17, 15) is 10.1 Å². The molecule has 0 fully saturated rings. The summed E-state index contributed by atoms with van der Waals surface area (Å²) >= 11 is 5.82. The molecule has 1 unspecified atom stereocenters. The third-order valence-electron chi connectivity index (χ3n) is 3.26. The normalized spacial score (nSPS) is 11.7. The van der Waals surface area contributed by atoms with E-state index in [2.05, 4.69) is 11.1 Å². The summed E-state index contributed by atoms with van der Waals surface area (Å²) < 4.78 is 0. The average Bonchev–Trinajstić information content (AvgIpc) is 2.47. The number of benzene rings is 1. The highest BCUT2D eigenvalue weighted by molar-refractivity contribution is 6.29. The van der Waals surface area contributed by atoms with Crippen LogP contribution in [-0.2, 0) is 6.42 Å². The minimum atomic E-state index is -0.454. The Hall–Kier alpha value is -2.45. The van der Waals surface area contributed by atoms with E-state index in [4.69, 9.17) is 16.9 Å². The van der Waals surface area contributed by atoms with Crippen LogP contribution >= 0.6 is 11.6 Å². The number of aromatic nitrogens is 1. The Morgan fingerprint density at radius 3 is 2.67 bits per heavy atom. The summed E-state index contributed by atoms with van der Waals surface area (Å²) in [7, 11) is 0. The zero-order valence-corrected chi connectivity index (χ0v) is 12.0. The van der Waals surface area contributed by atoms with E-state index >= 15 is 0 Å². The number of nitriles is 1. The molecule has 2 aromatic rings. The monoisotopic (exact) mass is 301 g/mol. The van der Waals surface area contributed by atoms with Gasteiger partial charge in [0.2, 0.25) is 0 Å². The van der Waals surface area contributed by atoms with Gasteiger partial charge in [-0.1, -0.05) is 30.7 Å². The quantitative estimate of drug-likeness (QED) is 0.488. The lowest BCUT2D eigenvalue weighted by molar-refractivity contribution is -0.385. The van der Waals surface area contributed by atoms with Crippen molar-refractivity contribution in [3.05, 3.63) is 68.5 Å². The maximum atomic E-state index is 11.0. The van der Waals surface area contributed by atoms with Gasteiger partial charge in [0.05, 0.1) is 16.6 Å². The first-order valence-corrected chi connectivity index (χ1v) is 6.68. The molecule has 1 atom stereocenters. The number of hydrogen-bond donors (Lipinski definition) is 0. The van der Waals surface area contributed by atoms with Crippen molar-refractivity contribution in [2.75, 3.05) is 0 Å². The molecule has 106 valence electrons. The third-order valence-corrected chi connectivity index (χ3v) is 3.47. The van der Waals surface area contributed by atoms with E-state index in [1.807, 2.05) is 19.1 Å². The molecule has 0 aliphatic heterocycles.